The molecular formula is C15H26N4. The van der Waals surface area contributed by atoms with Gasteiger partial charge in [0.1, 0.15) is 0 Å². The average Bonchev–Trinajstić information content (AvgIpc) is 2.40. The van der Waals surface area contributed by atoms with Crippen molar-refractivity contribution < 1.29 is 0 Å². The second kappa shape index (κ2) is 6.33. The van der Waals surface area contributed by atoms with E-state index in [2.05, 4.69) is 42.9 Å². The van der Waals surface area contributed by atoms with Gasteiger partial charge in [-0.25, -0.2) is 9.97 Å². The molecule has 0 aromatic carbocycles. The van der Waals surface area contributed by atoms with E-state index < -0.39 is 0 Å². The van der Waals surface area contributed by atoms with Gasteiger partial charge in [0.25, 0.3) is 0 Å². The van der Waals surface area contributed by atoms with Crippen molar-refractivity contribution in [3.63, 3.8) is 0 Å². The molecule has 2 atom stereocenters. The second-order valence-electron chi connectivity index (χ2n) is 5.61. The van der Waals surface area contributed by atoms with E-state index in [-0.39, 0.29) is 0 Å². The molecule has 1 aliphatic heterocycles. The van der Waals surface area contributed by atoms with Gasteiger partial charge < -0.3 is 10.2 Å². The van der Waals surface area contributed by atoms with E-state index in [0.29, 0.717) is 6.04 Å². The molecule has 1 fully saturated rings. The normalized spacial score (nSPS) is 23.7. The van der Waals surface area contributed by atoms with Crippen LogP contribution in [0.5, 0.6) is 0 Å². The fourth-order valence-electron chi connectivity index (χ4n) is 2.67. The lowest BCUT2D eigenvalue weighted by Gasteiger charge is -2.38. The number of aryl methyl sites for hydroxylation is 1. The second-order valence-corrected chi connectivity index (χ2v) is 5.61. The first kappa shape index (κ1) is 14.3. The van der Waals surface area contributed by atoms with Crippen LogP contribution in [0.25, 0.3) is 0 Å². The third-order valence-electron chi connectivity index (χ3n) is 4.26. The van der Waals surface area contributed by atoms with Crippen LogP contribution in [0.15, 0.2) is 6.20 Å². The SMILES string of the molecule is CCNCc1cnc(N2CCCC(C)C2C)nc1C. The number of nitrogens with one attached hydrogen (secondary N) is 1. The molecule has 1 aromatic heterocycles. The van der Waals surface area contributed by atoms with E-state index in [4.69, 9.17) is 4.98 Å². The third kappa shape index (κ3) is 3.24. The summed E-state index contributed by atoms with van der Waals surface area (Å²) in [6, 6.07) is 0.535. The van der Waals surface area contributed by atoms with Crippen LogP contribution in [0, 0.1) is 12.8 Å². The summed E-state index contributed by atoms with van der Waals surface area (Å²) < 4.78 is 0. The molecule has 0 spiro atoms. The lowest BCUT2D eigenvalue weighted by atomic mass is 9.92. The summed E-state index contributed by atoms with van der Waals surface area (Å²) in [5, 5.41) is 3.33. The van der Waals surface area contributed by atoms with E-state index in [1.807, 2.05) is 6.20 Å². The Morgan fingerprint density at radius 3 is 2.89 bits per heavy atom. The predicted molar refractivity (Wildman–Crippen MR) is 79.4 cm³/mol. The Bertz CT molecular complexity index is 419. The van der Waals surface area contributed by atoms with Crippen molar-refractivity contribution >= 4 is 5.95 Å². The number of aromatic nitrogens is 2. The van der Waals surface area contributed by atoms with Gasteiger partial charge in [0.2, 0.25) is 5.95 Å². The molecule has 2 unspecified atom stereocenters. The summed E-state index contributed by atoms with van der Waals surface area (Å²) >= 11 is 0. The van der Waals surface area contributed by atoms with Crippen LogP contribution >= 0.6 is 0 Å². The minimum atomic E-state index is 0.535. The van der Waals surface area contributed by atoms with Crippen LogP contribution in [-0.2, 0) is 6.54 Å². The first-order chi connectivity index (χ1) is 9.13. The van der Waals surface area contributed by atoms with Crippen molar-refractivity contribution in [2.45, 2.75) is 53.1 Å². The molecule has 0 bridgehead atoms. The Kier molecular flexibility index (Phi) is 4.75. The summed E-state index contributed by atoms with van der Waals surface area (Å²) in [7, 11) is 0. The van der Waals surface area contributed by atoms with Gasteiger partial charge in [-0.3, -0.25) is 0 Å². The minimum Gasteiger partial charge on any atom is -0.338 e. The zero-order valence-corrected chi connectivity index (χ0v) is 12.6. The summed E-state index contributed by atoms with van der Waals surface area (Å²) in [6.07, 6.45) is 4.54. The molecule has 1 N–H and O–H groups in total. The van der Waals surface area contributed by atoms with Crippen molar-refractivity contribution in [2.75, 3.05) is 18.0 Å². The molecule has 0 aliphatic carbocycles. The van der Waals surface area contributed by atoms with E-state index in [1.165, 1.54) is 18.4 Å². The van der Waals surface area contributed by atoms with E-state index in [1.54, 1.807) is 0 Å². The van der Waals surface area contributed by atoms with Gasteiger partial charge in [-0.2, -0.15) is 0 Å². The first-order valence-electron chi connectivity index (χ1n) is 7.43. The van der Waals surface area contributed by atoms with Gasteiger partial charge in [-0.1, -0.05) is 13.8 Å². The highest BCUT2D eigenvalue weighted by Crippen LogP contribution is 2.26. The zero-order valence-electron chi connectivity index (χ0n) is 12.6. The first-order valence-corrected chi connectivity index (χ1v) is 7.43. The summed E-state index contributed by atoms with van der Waals surface area (Å²) in [6.45, 7) is 11.7. The maximum atomic E-state index is 4.71. The van der Waals surface area contributed by atoms with Crippen LogP contribution in [-0.4, -0.2) is 29.1 Å². The standard InChI is InChI=1S/C15H26N4/c1-5-16-9-14-10-17-15(18-12(14)3)19-8-6-7-11(2)13(19)4/h10-11,13,16H,5-9H2,1-4H3. The molecule has 1 aromatic rings. The predicted octanol–water partition coefficient (Wildman–Crippen LogP) is 2.52. The van der Waals surface area contributed by atoms with Crippen molar-refractivity contribution in [3.05, 3.63) is 17.5 Å². The maximum Gasteiger partial charge on any atom is 0.225 e. The largest absolute Gasteiger partial charge is 0.338 e. The minimum absolute atomic E-state index is 0.535. The highest BCUT2D eigenvalue weighted by atomic mass is 15.3. The van der Waals surface area contributed by atoms with Gasteiger partial charge in [0, 0.05) is 36.6 Å². The Balaban J connectivity index is 2.14. The van der Waals surface area contributed by atoms with E-state index in [0.717, 1.165) is 37.2 Å². The van der Waals surface area contributed by atoms with Gasteiger partial charge in [0.05, 0.1) is 0 Å². The lowest BCUT2D eigenvalue weighted by Crippen LogP contribution is -2.43. The Labute approximate surface area is 116 Å². The van der Waals surface area contributed by atoms with Crippen LogP contribution in [0.1, 0.15) is 44.9 Å². The fraction of sp³-hybridized carbons (Fsp3) is 0.733. The zero-order chi connectivity index (χ0) is 13.8. The molecule has 0 radical (unpaired) electrons. The van der Waals surface area contributed by atoms with Crippen LogP contribution < -0.4 is 10.2 Å². The van der Waals surface area contributed by atoms with Crippen molar-refractivity contribution in [2.24, 2.45) is 5.92 Å². The highest BCUT2D eigenvalue weighted by molar-refractivity contribution is 5.35. The van der Waals surface area contributed by atoms with Crippen LogP contribution in [0.3, 0.4) is 0 Å². The Hall–Kier alpha value is -1.16. The average molecular weight is 262 g/mol. The number of hydrogen-bond acceptors (Lipinski definition) is 4. The number of nitrogens with zero attached hydrogens (tertiary/aromatic N) is 3. The van der Waals surface area contributed by atoms with Gasteiger partial charge in [-0.05, 0) is 39.2 Å². The lowest BCUT2D eigenvalue weighted by molar-refractivity contribution is 0.359. The van der Waals surface area contributed by atoms with Crippen molar-refractivity contribution in [3.8, 4) is 0 Å². The topological polar surface area (TPSA) is 41.1 Å². The van der Waals surface area contributed by atoms with Gasteiger partial charge in [-0.15, -0.1) is 0 Å². The van der Waals surface area contributed by atoms with Crippen molar-refractivity contribution in [1.82, 2.24) is 15.3 Å². The third-order valence-corrected chi connectivity index (χ3v) is 4.26. The van der Waals surface area contributed by atoms with E-state index in [9.17, 15) is 0 Å². The number of hydrogen-bond donors (Lipinski definition) is 1. The van der Waals surface area contributed by atoms with Crippen LogP contribution in [0.4, 0.5) is 5.95 Å². The molecule has 4 nitrogen and oxygen atoms in total. The number of piperidine rings is 1. The van der Waals surface area contributed by atoms with E-state index >= 15 is 0 Å². The molecule has 4 heteroatoms. The van der Waals surface area contributed by atoms with Gasteiger partial charge >= 0.3 is 0 Å². The molecule has 1 aliphatic rings. The molecule has 2 rings (SSSR count). The molecule has 0 saturated carbocycles. The Morgan fingerprint density at radius 2 is 2.21 bits per heavy atom. The molecule has 0 amide bonds. The summed E-state index contributed by atoms with van der Waals surface area (Å²) in [4.78, 5) is 11.6. The van der Waals surface area contributed by atoms with Gasteiger partial charge in [0.15, 0.2) is 0 Å². The molecule has 1 saturated heterocycles. The highest BCUT2D eigenvalue weighted by Gasteiger charge is 2.26. The van der Waals surface area contributed by atoms with Crippen LogP contribution in [0.2, 0.25) is 0 Å². The summed E-state index contributed by atoms with van der Waals surface area (Å²) in [5.74, 6) is 1.62. The quantitative estimate of drug-likeness (QED) is 0.905. The molecule has 106 valence electrons. The number of rotatable bonds is 4. The summed E-state index contributed by atoms with van der Waals surface area (Å²) in [5.41, 5.74) is 2.29. The van der Waals surface area contributed by atoms with Crippen molar-refractivity contribution in [1.29, 1.82) is 0 Å². The fourth-order valence-corrected chi connectivity index (χ4v) is 2.67. The molecule has 2 heterocycles. The molecular weight excluding hydrogens is 236 g/mol. The smallest absolute Gasteiger partial charge is 0.225 e. The monoisotopic (exact) mass is 262 g/mol. The molecule has 19 heavy (non-hydrogen) atoms. The Morgan fingerprint density at radius 1 is 1.42 bits per heavy atom. The number of anilines is 1. The maximum absolute atomic E-state index is 4.71.